The van der Waals surface area contributed by atoms with Crippen LogP contribution < -0.4 is 5.73 Å². The second-order valence-corrected chi connectivity index (χ2v) is 8.93. The number of nitrogens with two attached hydrogens (primary N) is 1. The first-order valence-electron chi connectivity index (χ1n) is 7.14. The molecule has 1 aromatic heterocycles. The maximum absolute atomic E-state index is 12.2. The first kappa shape index (κ1) is 21.8. The van der Waals surface area contributed by atoms with Crippen LogP contribution in [0.25, 0.3) is 0 Å². The highest BCUT2D eigenvalue weighted by molar-refractivity contribution is 7.86. The summed E-state index contributed by atoms with van der Waals surface area (Å²) >= 11 is 0.747. The highest BCUT2D eigenvalue weighted by Crippen LogP contribution is 2.18. The average Bonchev–Trinajstić information content (AvgIpc) is 2.81. The van der Waals surface area contributed by atoms with Crippen molar-refractivity contribution in [2.24, 2.45) is 5.16 Å². The number of esters is 1. The number of carbonyl (C=O) groups is 2. The lowest BCUT2D eigenvalue weighted by Gasteiger charge is -2.26. The minimum absolute atomic E-state index is 0.00579. The van der Waals surface area contributed by atoms with Gasteiger partial charge in [-0.1, -0.05) is 5.16 Å². The van der Waals surface area contributed by atoms with Gasteiger partial charge in [-0.3, -0.25) is 0 Å². The molecule has 0 radical (unpaired) electrons. The number of nitrogen functional groups attached to an aromatic ring is 1. The lowest BCUT2D eigenvalue weighted by molar-refractivity contribution is -0.179. The Morgan fingerprint density at radius 1 is 1.19 bits per heavy atom. The van der Waals surface area contributed by atoms with Crippen LogP contribution in [0.1, 0.15) is 40.4 Å². The Bertz CT molecular complexity index is 822. The largest absolute Gasteiger partial charge is 0.457 e. The van der Waals surface area contributed by atoms with Gasteiger partial charge in [0, 0.05) is 11.5 Å². The maximum atomic E-state index is 12.2. The second-order valence-electron chi connectivity index (χ2n) is 6.57. The zero-order valence-electron chi connectivity index (χ0n) is 15.1. The molecule has 0 amide bonds. The van der Waals surface area contributed by atoms with E-state index < -0.39 is 39.0 Å². The van der Waals surface area contributed by atoms with Crippen LogP contribution in [-0.2, 0) is 33.5 Å². The molecule has 146 valence electrons. The van der Waals surface area contributed by atoms with Crippen molar-refractivity contribution < 1.29 is 31.8 Å². The number of carbonyl (C=O) groups excluding carboxylic acids is 2. The number of hydrogen-bond acceptors (Lipinski definition) is 12. The Morgan fingerprint density at radius 2 is 1.77 bits per heavy atom. The molecule has 0 atom stereocenters. The molecule has 13 heteroatoms. The first-order chi connectivity index (χ1) is 11.6. The van der Waals surface area contributed by atoms with Gasteiger partial charge in [0.25, 0.3) is 0 Å². The molecular formula is C13H20N4O7S2. The summed E-state index contributed by atoms with van der Waals surface area (Å²) < 4.78 is 35.6. The zero-order chi connectivity index (χ0) is 20.3. The summed E-state index contributed by atoms with van der Waals surface area (Å²) in [5.74, 6) is -2.44. The number of rotatable bonds is 6. The highest BCUT2D eigenvalue weighted by Gasteiger charge is 2.36. The molecule has 0 unspecified atom stereocenters. The van der Waals surface area contributed by atoms with Gasteiger partial charge in [-0.2, -0.15) is 17.8 Å². The molecule has 2 N–H and O–H groups in total. The summed E-state index contributed by atoms with van der Waals surface area (Å²) in [6, 6.07) is 0. The third-order valence-electron chi connectivity index (χ3n) is 2.33. The van der Waals surface area contributed by atoms with Crippen LogP contribution in [0.3, 0.4) is 0 Å². The van der Waals surface area contributed by atoms with E-state index in [2.05, 4.69) is 18.7 Å². The van der Waals surface area contributed by atoms with Crippen molar-refractivity contribution in [3.63, 3.8) is 0 Å². The van der Waals surface area contributed by atoms with Crippen molar-refractivity contribution in [1.82, 2.24) is 9.36 Å². The number of nitrogens with zero attached hydrogens (tertiary/aromatic N) is 3. The van der Waals surface area contributed by atoms with E-state index in [1.54, 1.807) is 20.8 Å². The van der Waals surface area contributed by atoms with E-state index in [1.165, 1.54) is 13.8 Å². The van der Waals surface area contributed by atoms with Gasteiger partial charge < -0.3 is 19.5 Å². The van der Waals surface area contributed by atoms with Crippen LogP contribution in [-0.4, -0.2) is 52.9 Å². The van der Waals surface area contributed by atoms with Gasteiger partial charge in [-0.25, -0.2) is 9.59 Å². The van der Waals surface area contributed by atoms with Crippen molar-refractivity contribution in [3.8, 4) is 0 Å². The average molecular weight is 408 g/mol. The number of hydrogen-bond donors (Lipinski definition) is 1. The lowest BCUT2D eigenvalue weighted by atomic mass is 10.1. The fourth-order valence-electron chi connectivity index (χ4n) is 1.28. The Labute approximate surface area is 154 Å². The molecule has 0 saturated heterocycles. The van der Waals surface area contributed by atoms with Gasteiger partial charge in [0.15, 0.2) is 5.13 Å². The molecule has 0 bridgehead atoms. The van der Waals surface area contributed by atoms with Crippen LogP contribution in [0.4, 0.5) is 5.13 Å². The molecule has 0 aliphatic heterocycles. The quantitative estimate of drug-likeness (QED) is 0.303. The first-order valence-corrected chi connectivity index (χ1v) is 9.73. The molecule has 0 aliphatic rings. The minimum Gasteiger partial charge on any atom is -0.457 e. The highest BCUT2D eigenvalue weighted by atomic mass is 32.2. The van der Waals surface area contributed by atoms with Gasteiger partial charge >= 0.3 is 22.1 Å². The number of aromatic nitrogens is 2. The fraction of sp³-hybridized carbons (Fsp3) is 0.615. The fourth-order valence-corrected chi connectivity index (χ4v) is 2.06. The molecule has 0 saturated carbocycles. The standard InChI is InChI=1S/C13H20N4O7S2/c1-12(2,3)22-10(19)13(4,5)24-16-7(8-15-11(14)25-17-8)9(18)23-26(6,20)21/h1-6H3,(H2,14,15,17)/b16-7+. The van der Waals surface area contributed by atoms with Gasteiger partial charge in [0.2, 0.25) is 17.1 Å². The molecule has 0 aliphatic carbocycles. The monoisotopic (exact) mass is 408 g/mol. The summed E-state index contributed by atoms with van der Waals surface area (Å²) in [5, 5.41) is 3.52. The summed E-state index contributed by atoms with van der Waals surface area (Å²) in [7, 11) is -4.12. The number of anilines is 1. The van der Waals surface area contributed by atoms with Crippen molar-refractivity contribution in [1.29, 1.82) is 0 Å². The Kier molecular flexibility index (Phi) is 6.31. The molecule has 0 spiro atoms. The smallest absolute Gasteiger partial charge is 0.379 e. The summed E-state index contributed by atoms with van der Waals surface area (Å²) in [6.45, 7) is 7.71. The van der Waals surface area contributed by atoms with E-state index in [-0.39, 0.29) is 11.0 Å². The molecule has 1 rings (SSSR count). The Balaban J connectivity index is 3.14. The van der Waals surface area contributed by atoms with Gasteiger partial charge in [0.1, 0.15) is 5.60 Å². The van der Waals surface area contributed by atoms with E-state index >= 15 is 0 Å². The molecule has 1 aromatic rings. The van der Waals surface area contributed by atoms with Crippen LogP contribution in [0, 0.1) is 0 Å². The van der Waals surface area contributed by atoms with Crippen LogP contribution in [0.2, 0.25) is 0 Å². The maximum Gasteiger partial charge on any atom is 0.379 e. The molecule has 26 heavy (non-hydrogen) atoms. The van der Waals surface area contributed by atoms with Gasteiger partial charge in [-0.05, 0) is 34.6 Å². The third kappa shape index (κ3) is 6.92. The predicted octanol–water partition coefficient (Wildman–Crippen LogP) is 0.464. The number of oxime groups is 1. The van der Waals surface area contributed by atoms with Crippen molar-refractivity contribution in [2.75, 3.05) is 12.0 Å². The molecular weight excluding hydrogens is 388 g/mol. The topological polar surface area (TPSA) is 160 Å². The van der Waals surface area contributed by atoms with E-state index in [0.717, 1.165) is 11.5 Å². The Morgan fingerprint density at radius 3 is 2.19 bits per heavy atom. The lowest BCUT2D eigenvalue weighted by Crippen LogP contribution is -2.40. The molecule has 11 nitrogen and oxygen atoms in total. The predicted molar refractivity (Wildman–Crippen MR) is 92.8 cm³/mol. The van der Waals surface area contributed by atoms with E-state index in [9.17, 15) is 18.0 Å². The SMILES string of the molecule is CC(C)(C)OC(=O)C(C)(C)O/N=C(/C(=O)OS(C)(=O)=O)c1nsc(N)n1. The van der Waals surface area contributed by atoms with Crippen molar-refractivity contribution in [2.45, 2.75) is 45.8 Å². The third-order valence-corrected chi connectivity index (χ3v) is 3.33. The van der Waals surface area contributed by atoms with E-state index in [4.69, 9.17) is 15.3 Å². The van der Waals surface area contributed by atoms with Gasteiger partial charge in [-0.15, -0.1) is 0 Å². The molecule has 0 aromatic carbocycles. The van der Waals surface area contributed by atoms with E-state index in [0.29, 0.717) is 6.26 Å². The molecule has 0 fully saturated rings. The normalized spacial score (nSPS) is 13.2. The molecule has 1 heterocycles. The van der Waals surface area contributed by atoms with Crippen molar-refractivity contribution >= 4 is 44.4 Å². The zero-order valence-corrected chi connectivity index (χ0v) is 16.7. The summed E-state index contributed by atoms with van der Waals surface area (Å²) in [4.78, 5) is 33.0. The van der Waals surface area contributed by atoms with Crippen LogP contribution >= 0.6 is 11.5 Å². The summed E-state index contributed by atoms with van der Waals surface area (Å²) in [6.07, 6.45) is 0.677. The number of ether oxygens (including phenoxy) is 1. The van der Waals surface area contributed by atoms with E-state index in [1.807, 2.05) is 0 Å². The van der Waals surface area contributed by atoms with Crippen LogP contribution in [0.15, 0.2) is 5.16 Å². The second kappa shape index (κ2) is 7.53. The van der Waals surface area contributed by atoms with Gasteiger partial charge in [0.05, 0.1) is 6.26 Å². The summed E-state index contributed by atoms with van der Waals surface area (Å²) in [5.41, 5.74) is 2.42. The van der Waals surface area contributed by atoms with Crippen LogP contribution in [0.5, 0.6) is 0 Å². The van der Waals surface area contributed by atoms with Crippen molar-refractivity contribution in [3.05, 3.63) is 5.82 Å². The Hall–Kier alpha value is -2.28. The minimum atomic E-state index is -4.12.